The van der Waals surface area contributed by atoms with Crippen molar-refractivity contribution in [3.05, 3.63) is 46.6 Å². The second-order valence-corrected chi connectivity index (χ2v) is 9.46. The molecule has 0 saturated heterocycles. The summed E-state index contributed by atoms with van der Waals surface area (Å²) >= 11 is 5.98. The molecule has 0 aliphatic heterocycles. The number of rotatable bonds is 7. The number of hydrogen-bond donors (Lipinski definition) is 1. The van der Waals surface area contributed by atoms with Crippen LogP contribution in [-0.2, 0) is 23.4 Å². The number of halogens is 1. The number of carbonyl (C=O) groups excluding carboxylic acids is 1. The zero-order valence-corrected chi connectivity index (χ0v) is 18.4. The molecule has 158 valence electrons. The fourth-order valence-corrected chi connectivity index (χ4v) is 3.07. The van der Waals surface area contributed by atoms with Crippen molar-refractivity contribution < 1.29 is 14.1 Å². The first kappa shape index (κ1) is 21.6. The summed E-state index contributed by atoms with van der Waals surface area (Å²) in [6.07, 6.45) is 1.82. The van der Waals surface area contributed by atoms with Gasteiger partial charge >= 0.3 is 6.09 Å². The molecule has 1 amide bonds. The van der Waals surface area contributed by atoms with Crippen molar-refractivity contribution in [1.82, 2.24) is 20.4 Å². The third-order valence-electron chi connectivity index (χ3n) is 4.54. The summed E-state index contributed by atoms with van der Waals surface area (Å²) in [5, 5.41) is 7.62. The second-order valence-electron chi connectivity index (χ2n) is 9.03. The number of nitrogens with one attached hydrogen (secondary N) is 1. The summed E-state index contributed by atoms with van der Waals surface area (Å²) in [6, 6.07) is 8.39. The van der Waals surface area contributed by atoms with Gasteiger partial charge in [-0.25, -0.2) is 4.79 Å². The monoisotopic (exact) mass is 420 g/mol. The van der Waals surface area contributed by atoms with Crippen LogP contribution < -0.4 is 5.32 Å². The van der Waals surface area contributed by atoms with Crippen LogP contribution in [0.1, 0.15) is 64.7 Å². The minimum absolute atomic E-state index is 0.417. The van der Waals surface area contributed by atoms with Crippen molar-refractivity contribution in [3.8, 4) is 0 Å². The van der Waals surface area contributed by atoms with Crippen LogP contribution in [0, 0.1) is 0 Å². The maximum atomic E-state index is 12.1. The fraction of sp³-hybridized carbons (Fsp3) is 0.571. The van der Waals surface area contributed by atoms with E-state index in [0.717, 1.165) is 11.6 Å². The number of hydrogen-bond acceptors (Lipinski definition) is 6. The highest BCUT2D eigenvalue weighted by Gasteiger charge is 2.33. The van der Waals surface area contributed by atoms with Gasteiger partial charge in [-0.1, -0.05) is 28.9 Å². The van der Waals surface area contributed by atoms with Crippen LogP contribution in [0.3, 0.4) is 0 Å². The van der Waals surface area contributed by atoms with E-state index in [0.29, 0.717) is 24.3 Å². The molecule has 1 fully saturated rings. The molecule has 1 saturated carbocycles. The Hall–Kier alpha value is -2.12. The second kappa shape index (κ2) is 8.32. The van der Waals surface area contributed by atoms with E-state index in [2.05, 4.69) is 20.4 Å². The fourth-order valence-electron chi connectivity index (χ4n) is 2.94. The Balaban J connectivity index is 1.64. The zero-order valence-electron chi connectivity index (χ0n) is 17.7. The molecule has 1 N–H and O–H groups in total. The molecule has 1 heterocycles. The summed E-state index contributed by atoms with van der Waals surface area (Å²) in [5.41, 5.74) is -0.201. The minimum Gasteiger partial charge on any atom is -0.444 e. The molecule has 0 bridgehead atoms. The van der Waals surface area contributed by atoms with Crippen molar-refractivity contribution in [3.63, 3.8) is 0 Å². The molecule has 29 heavy (non-hydrogen) atoms. The van der Waals surface area contributed by atoms with Crippen molar-refractivity contribution in [2.75, 3.05) is 0 Å². The van der Waals surface area contributed by atoms with Gasteiger partial charge in [0.25, 0.3) is 0 Å². The molecule has 0 atom stereocenters. The lowest BCUT2D eigenvalue weighted by Gasteiger charge is -2.26. The number of ether oxygens (including phenoxy) is 1. The van der Waals surface area contributed by atoms with Crippen LogP contribution in [0.2, 0.25) is 5.02 Å². The predicted octanol–water partition coefficient (Wildman–Crippen LogP) is 4.65. The van der Waals surface area contributed by atoms with E-state index < -0.39 is 17.2 Å². The molecule has 2 aromatic rings. The van der Waals surface area contributed by atoms with E-state index in [4.69, 9.17) is 20.9 Å². The van der Waals surface area contributed by atoms with Gasteiger partial charge < -0.3 is 14.6 Å². The van der Waals surface area contributed by atoms with Crippen LogP contribution in [0.5, 0.6) is 0 Å². The third-order valence-corrected chi connectivity index (χ3v) is 4.79. The zero-order chi connectivity index (χ0) is 21.2. The maximum Gasteiger partial charge on any atom is 0.408 e. The lowest BCUT2D eigenvalue weighted by Crippen LogP contribution is -2.44. The Labute approximate surface area is 176 Å². The molecule has 3 rings (SSSR count). The van der Waals surface area contributed by atoms with Gasteiger partial charge in [-0.2, -0.15) is 4.98 Å². The van der Waals surface area contributed by atoms with E-state index in [1.54, 1.807) is 0 Å². The Bertz CT molecular complexity index is 838. The van der Waals surface area contributed by atoms with Crippen molar-refractivity contribution in [2.45, 2.75) is 77.7 Å². The smallest absolute Gasteiger partial charge is 0.408 e. The van der Waals surface area contributed by atoms with Gasteiger partial charge in [0.15, 0.2) is 5.82 Å². The summed E-state index contributed by atoms with van der Waals surface area (Å²) in [4.78, 5) is 19.0. The lowest BCUT2D eigenvalue weighted by molar-refractivity contribution is 0.0465. The first-order valence-electron chi connectivity index (χ1n) is 9.84. The molecule has 7 nitrogen and oxygen atoms in total. The molecular formula is C21H29ClN4O3. The molecule has 0 unspecified atom stereocenters. The van der Waals surface area contributed by atoms with Gasteiger partial charge in [0.2, 0.25) is 5.89 Å². The van der Waals surface area contributed by atoms with Gasteiger partial charge in [-0.05, 0) is 65.2 Å². The molecule has 8 heteroatoms. The maximum absolute atomic E-state index is 12.1. The van der Waals surface area contributed by atoms with E-state index in [1.165, 1.54) is 18.4 Å². The molecule has 0 radical (unpaired) electrons. The number of amides is 1. The van der Waals surface area contributed by atoms with Gasteiger partial charge in [0.05, 0.1) is 6.54 Å². The van der Waals surface area contributed by atoms with E-state index >= 15 is 0 Å². The Morgan fingerprint density at radius 1 is 1.21 bits per heavy atom. The van der Waals surface area contributed by atoms with E-state index in [1.807, 2.05) is 58.9 Å². The third kappa shape index (κ3) is 6.44. The van der Waals surface area contributed by atoms with Gasteiger partial charge in [-0.15, -0.1) is 0 Å². The summed E-state index contributed by atoms with van der Waals surface area (Å²) in [7, 11) is 0. The predicted molar refractivity (Wildman–Crippen MR) is 110 cm³/mol. The highest BCUT2D eigenvalue weighted by molar-refractivity contribution is 6.30. The van der Waals surface area contributed by atoms with E-state index in [-0.39, 0.29) is 0 Å². The van der Waals surface area contributed by atoms with Gasteiger partial charge in [-0.3, -0.25) is 4.90 Å². The quantitative estimate of drug-likeness (QED) is 0.702. The summed E-state index contributed by atoms with van der Waals surface area (Å²) < 4.78 is 10.8. The van der Waals surface area contributed by atoms with Crippen LogP contribution in [0.4, 0.5) is 4.79 Å². The molecule has 1 aromatic heterocycles. The number of alkyl carbamates (subject to hydrolysis) is 1. The summed E-state index contributed by atoms with van der Waals surface area (Å²) in [5.74, 6) is 0.945. The van der Waals surface area contributed by atoms with Gasteiger partial charge in [0.1, 0.15) is 11.1 Å². The van der Waals surface area contributed by atoms with Crippen LogP contribution in [0.25, 0.3) is 0 Å². The lowest BCUT2D eigenvalue weighted by atomic mass is 10.1. The number of carbonyl (C=O) groups is 1. The van der Waals surface area contributed by atoms with Crippen molar-refractivity contribution >= 4 is 17.7 Å². The SMILES string of the molecule is CC(C)(C)OC(=O)NC(C)(C)c1noc(CN(Cc2ccc(Cl)cc2)C2CC2)n1. The first-order chi connectivity index (χ1) is 13.5. The molecule has 1 aliphatic rings. The Kier molecular flexibility index (Phi) is 6.19. The van der Waals surface area contributed by atoms with Crippen LogP contribution >= 0.6 is 11.6 Å². The largest absolute Gasteiger partial charge is 0.444 e. The highest BCUT2D eigenvalue weighted by Crippen LogP contribution is 2.30. The van der Waals surface area contributed by atoms with Gasteiger partial charge in [0, 0.05) is 17.6 Å². The van der Waals surface area contributed by atoms with Crippen LogP contribution in [0.15, 0.2) is 28.8 Å². The Morgan fingerprint density at radius 3 is 2.45 bits per heavy atom. The summed E-state index contributed by atoms with van der Waals surface area (Å²) in [6.45, 7) is 10.4. The minimum atomic E-state index is -0.815. The van der Waals surface area contributed by atoms with Crippen molar-refractivity contribution in [2.24, 2.45) is 0 Å². The highest BCUT2D eigenvalue weighted by atomic mass is 35.5. The topological polar surface area (TPSA) is 80.5 Å². The number of nitrogens with zero attached hydrogens (tertiary/aromatic N) is 3. The van der Waals surface area contributed by atoms with E-state index in [9.17, 15) is 4.79 Å². The average molecular weight is 421 g/mol. The first-order valence-corrected chi connectivity index (χ1v) is 10.2. The van der Waals surface area contributed by atoms with Crippen molar-refractivity contribution in [1.29, 1.82) is 0 Å². The average Bonchev–Trinajstić information content (AvgIpc) is 3.32. The number of benzene rings is 1. The van der Waals surface area contributed by atoms with Crippen LogP contribution in [-0.4, -0.2) is 32.8 Å². The molecule has 1 aliphatic carbocycles. The number of aromatic nitrogens is 2. The Morgan fingerprint density at radius 2 is 1.86 bits per heavy atom. The molecular weight excluding hydrogens is 392 g/mol. The normalized spacial score (nSPS) is 14.9. The molecule has 0 spiro atoms. The standard InChI is InChI=1S/C21H29ClN4O3/c1-20(2,3)28-19(27)24-21(4,5)18-23-17(29-25-18)13-26(16-10-11-16)12-14-6-8-15(22)9-7-14/h6-9,16H,10-13H2,1-5H3,(H,24,27). The molecule has 1 aromatic carbocycles.